The summed E-state index contributed by atoms with van der Waals surface area (Å²) in [5, 5.41) is 14.1. The maximum Gasteiger partial charge on any atom is 0.273 e. The molecule has 8 heteroatoms. The molecule has 150 valence electrons. The van der Waals surface area contributed by atoms with E-state index in [1.807, 2.05) is 20.8 Å². The zero-order valence-corrected chi connectivity index (χ0v) is 16.6. The molecule has 0 radical (unpaired) electrons. The summed E-state index contributed by atoms with van der Waals surface area (Å²) < 4.78 is 7.42. The lowest BCUT2D eigenvalue weighted by Crippen LogP contribution is -2.27. The Bertz CT molecular complexity index is 858. The molecule has 1 aliphatic rings. The van der Waals surface area contributed by atoms with Crippen LogP contribution in [0.1, 0.15) is 66.6 Å². The van der Waals surface area contributed by atoms with Gasteiger partial charge in [-0.05, 0) is 51.3 Å². The second kappa shape index (κ2) is 8.86. The Kier molecular flexibility index (Phi) is 6.28. The number of hydrogen-bond donors (Lipinski definition) is 2. The summed E-state index contributed by atoms with van der Waals surface area (Å²) in [7, 11) is 0. The molecule has 1 aliphatic carbocycles. The van der Waals surface area contributed by atoms with E-state index in [2.05, 4.69) is 20.9 Å². The Hall–Kier alpha value is -2.90. The van der Waals surface area contributed by atoms with Crippen molar-refractivity contribution < 1.29 is 14.3 Å². The average Bonchev–Trinajstić information content (AvgIpc) is 3.40. The average molecular weight is 385 g/mol. The fraction of sp³-hybridized carbons (Fsp3) is 0.500. The predicted octanol–water partition coefficient (Wildman–Crippen LogP) is 2.26. The standard InChI is InChI=1S/C20H27N5O3/c1-4-7-16-18(20(27)22-14-9-10-14)23-24-25(16)15-11-8-13(19(26)21-5-2)12-17(15)28-6-3/h8,11-12,14H,4-7,9-10H2,1-3H3,(H,21,26)(H,22,27). The molecule has 1 aromatic carbocycles. The van der Waals surface area contributed by atoms with Crippen LogP contribution in [0.2, 0.25) is 0 Å². The summed E-state index contributed by atoms with van der Waals surface area (Å²) in [4.78, 5) is 24.7. The van der Waals surface area contributed by atoms with Gasteiger partial charge in [-0.15, -0.1) is 5.10 Å². The molecule has 0 spiro atoms. The van der Waals surface area contributed by atoms with Gasteiger partial charge in [0, 0.05) is 18.2 Å². The number of nitrogens with zero attached hydrogens (tertiary/aromatic N) is 3. The van der Waals surface area contributed by atoms with Crippen molar-refractivity contribution in [3.63, 3.8) is 0 Å². The second-order valence-electron chi connectivity index (χ2n) is 6.77. The van der Waals surface area contributed by atoms with Gasteiger partial charge >= 0.3 is 0 Å². The highest BCUT2D eigenvalue weighted by Crippen LogP contribution is 2.27. The van der Waals surface area contributed by atoms with E-state index in [9.17, 15) is 9.59 Å². The second-order valence-corrected chi connectivity index (χ2v) is 6.77. The normalized spacial score (nSPS) is 13.2. The number of rotatable bonds is 9. The number of benzene rings is 1. The summed E-state index contributed by atoms with van der Waals surface area (Å²) in [6, 6.07) is 5.46. The summed E-state index contributed by atoms with van der Waals surface area (Å²) in [5.41, 5.74) is 2.27. The Morgan fingerprint density at radius 2 is 2.00 bits per heavy atom. The van der Waals surface area contributed by atoms with E-state index >= 15 is 0 Å². The van der Waals surface area contributed by atoms with Gasteiger partial charge in [0.15, 0.2) is 5.69 Å². The third-order valence-corrected chi connectivity index (χ3v) is 4.46. The van der Waals surface area contributed by atoms with Crippen LogP contribution in [0.15, 0.2) is 18.2 Å². The molecule has 1 fully saturated rings. The summed E-state index contributed by atoms with van der Waals surface area (Å²) in [5.74, 6) is 0.184. The molecule has 2 N–H and O–H groups in total. The lowest BCUT2D eigenvalue weighted by atomic mass is 10.1. The molecule has 28 heavy (non-hydrogen) atoms. The van der Waals surface area contributed by atoms with Gasteiger partial charge in [-0.2, -0.15) is 0 Å². The number of hydrogen-bond acceptors (Lipinski definition) is 5. The summed E-state index contributed by atoms with van der Waals surface area (Å²) in [6.45, 7) is 6.79. The Morgan fingerprint density at radius 1 is 1.21 bits per heavy atom. The van der Waals surface area contributed by atoms with E-state index in [4.69, 9.17) is 4.74 Å². The number of amides is 2. The van der Waals surface area contributed by atoms with E-state index in [-0.39, 0.29) is 17.9 Å². The molecule has 1 aromatic heterocycles. The van der Waals surface area contributed by atoms with E-state index in [0.717, 1.165) is 25.0 Å². The van der Waals surface area contributed by atoms with Crippen LogP contribution in [-0.2, 0) is 6.42 Å². The molecule has 0 aliphatic heterocycles. The highest BCUT2D eigenvalue weighted by atomic mass is 16.5. The molecule has 2 amide bonds. The van der Waals surface area contributed by atoms with Crippen molar-refractivity contribution in [3.05, 3.63) is 35.2 Å². The highest BCUT2D eigenvalue weighted by molar-refractivity contribution is 5.95. The topological polar surface area (TPSA) is 98.1 Å². The van der Waals surface area contributed by atoms with Gasteiger partial charge in [0.05, 0.1) is 12.3 Å². The molecular formula is C20H27N5O3. The molecule has 1 saturated carbocycles. The molecule has 3 rings (SSSR count). The zero-order valence-electron chi connectivity index (χ0n) is 16.6. The quantitative estimate of drug-likeness (QED) is 0.690. The van der Waals surface area contributed by atoms with Crippen molar-refractivity contribution in [3.8, 4) is 11.4 Å². The number of ether oxygens (including phenoxy) is 1. The van der Waals surface area contributed by atoms with Gasteiger partial charge in [-0.3, -0.25) is 9.59 Å². The van der Waals surface area contributed by atoms with Crippen LogP contribution in [0.5, 0.6) is 5.75 Å². The monoisotopic (exact) mass is 385 g/mol. The maximum absolute atomic E-state index is 12.6. The lowest BCUT2D eigenvalue weighted by Gasteiger charge is -2.14. The summed E-state index contributed by atoms with van der Waals surface area (Å²) >= 11 is 0. The van der Waals surface area contributed by atoms with Crippen LogP contribution in [-0.4, -0.2) is 46.0 Å². The van der Waals surface area contributed by atoms with E-state index in [0.29, 0.717) is 42.3 Å². The number of carbonyl (C=O) groups excluding carboxylic acids is 2. The van der Waals surface area contributed by atoms with Crippen molar-refractivity contribution >= 4 is 11.8 Å². The minimum atomic E-state index is -0.186. The maximum atomic E-state index is 12.6. The molecular weight excluding hydrogens is 358 g/mol. The van der Waals surface area contributed by atoms with Crippen LogP contribution >= 0.6 is 0 Å². The Labute approximate surface area is 164 Å². The van der Waals surface area contributed by atoms with E-state index in [1.54, 1.807) is 22.9 Å². The Morgan fingerprint density at radius 3 is 2.64 bits per heavy atom. The highest BCUT2D eigenvalue weighted by Gasteiger charge is 2.28. The van der Waals surface area contributed by atoms with Crippen LogP contribution < -0.4 is 15.4 Å². The molecule has 2 aromatic rings. The van der Waals surface area contributed by atoms with Gasteiger partial charge in [0.2, 0.25) is 0 Å². The fourth-order valence-corrected chi connectivity index (χ4v) is 2.98. The van der Waals surface area contributed by atoms with Crippen LogP contribution in [0, 0.1) is 0 Å². The zero-order chi connectivity index (χ0) is 20.1. The van der Waals surface area contributed by atoms with Gasteiger partial charge in [-0.1, -0.05) is 18.6 Å². The van der Waals surface area contributed by atoms with Crippen molar-refractivity contribution in [2.75, 3.05) is 13.2 Å². The molecule has 0 saturated heterocycles. The van der Waals surface area contributed by atoms with Crippen LogP contribution in [0.25, 0.3) is 5.69 Å². The molecule has 0 unspecified atom stereocenters. The number of carbonyl (C=O) groups is 2. The number of nitrogens with one attached hydrogen (secondary N) is 2. The molecule has 0 bridgehead atoms. The SMILES string of the molecule is CCCc1c(C(=O)NC2CC2)nnn1-c1ccc(C(=O)NCC)cc1OCC. The van der Waals surface area contributed by atoms with Gasteiger partial charge in [0.1, 0.15) is 11.4 Å². The first-order chi connectivity index (χ1) is 13.6. The van der Waals surface area contributed by atoms with Gasteiger partial charge in [-0.25, -0.2) is 4.68 Å². The largest absolute Gasteiger partial charge is 0.492 e. The lowest BCUT2D eigenvalue weighted by molar-refractivity contribution is 0.0940. The van der Waals surface area contributed by atoms with Crippen LogP contribution in [0.4, 0.5) is 0 Å². The molecule has 0 atom stereocenters. The predicted molar refractivity (Wildman–Crippen MR) is 105 cm³/mol. The third kappa shape index (κ3) is 4.32. The first-order valence-electron chi connectivity index (χ1n) is 9.89. The van der Waals surface area contributed by atoms with Crippen molar-refractivity contribution in [2.45, 2.75) is 52.5 Å². The van der Waals surface area contributed by atoms with Gasteiger partial charge in [0.25, 0.3) is 11.8 Å². The number of aromatic nitrogens is 3. The summed E-state index contributed by atoms with van der Waals surface area (Å²) in [6.07, 6.45) is 3.53. The van der Waals surface area contributed by atoms with Crippen molar-refractivity contribution in [1.29, 1.82) is 0 Å². The van der Waals surface area contributed by atoms with Gasteiger partial charge < -0.3 is 15.4 Å². The van der Waals surface area contributed by atoms with Crippen LogP contribution in [0.3, 0.4) is 0 Å². The van der Waals surface area contributed by atoms with Crippen molar-refractivity contribution in [1.82, 2.24) is 25.6 Å². The third-order valence-electron chi connectivity index (χ3n) is 4.46. The van der Waals surface area contributed by atoms with Crippen molar-refractivity contribution in [2.24, 2.45) is 0 Å². The first-order valence-corrected chi connectivity index (χ1v) is 9.89. The smallest absolute Gasteiger partial charge is 0.273 e. The Balaban J connectivity index is 2.00. The fourth-order valence-electron chi connectivity index (χ4n) is 2.98. The minimum Gasteiger partial charge on any atom is -0.492 e. The minimum absolute atomic E-state index is 0.160. The molecule has 8 nitrogen and oxygen atoms in total. The molecule has 1 heterocycles. The first kappa shape index (κ1) is 19.9. The van der Waals surface area contributed by atoms with E-state index in [1.165, 1.54) is 0 Å². The van der Waals surface area contributed by atoms with E-state index < -0.39 is 0 Å².